The van der Waals surface area contributed by atoms with Gasteiger partial charge in [0.05, 0.1) is 16.9 Å². The fraction of sp³-hybridized carbons (Fsp3) is 0.0625. The molecule has 0 unspecified atom stereocenters. The van der Waals surface area contributed by atoms with Gasteiger partial charge in [-0.15, -0.1) is 11.3 Å². The van der Waals surface area contributed by atoms with Gasteiger partial charge in [-0.25, -0.2) is 13.8 Å². The summed E-state index contributed by atoms with van der Waals surface area (Å²) in [6.45, 7) is 0. The van der Waals surface area contributed by atoms with Crippen molar-refractivity contribution in [1.29, 1.82) is 0 Å². The number of aromatic nitrogens is 1. The molecule has 3 aromatic rings. The molecule has 130 valence electrons. The third-order valence-electron chi connectivity index (χ3n) is 3.31. The highest BCUT2D eigenvalue weighted by molar-refractivity contribution is 7.14. The van der Waals surface area contributed by atoms with Gasteiger partial charge in [0.15, 0.2) is 5.13 Å². The molecule has 1 heterocycles. The number of hydrogen-bond acceptors (Lipinski definition) is 4. The van der Waals surface area contributed by atoms with Crippen LogP contribution in [0, 0.1) is 11.6 Å². The topological polar surface area (TPSA) is 50.9 Å². The smallest absolute Gasteiger partial charge is 0.396 e. The van der Waals surface area contributed by atoms with Crippen LogP contribution >= 0.6 is 11.3 Å². The summed E-state index contributed by atoms with van der Waals surface area (Å²) in [5, 5.41) is 4.48. The summed E-state index contributed by atoms with van der Waals surface area (Å²) < 4.78 is 65.2. The lowest BCUT2D eigenvalue weighted by molar-refractivity contribution is -0.137. The summed E-state index contributed by atoms with van der Waals surface area (Å²) in [5.74, 6) is -1.71. The van der Waals surface area contributed by atoms with Gasteiger partial charge in [-0.05, 0) is 24.3 Å². The number of rotatable bonds is 3. The van der Waals surface area contributed by atoms with Crippen molar-refractivity contribution in [3.8, 4) is 11.3 Å². The summed E-state index contributed by atoms with van der Waals surface area (Å²) in [6.07, 6.45) is -4.46. The maximum Gasteiger partial charge on any atom is 0.416 e. The molecule has 3 rings (SSSR count). The van der Waals surface area contributed by atoms with Crippen LogP contribution in [0.1, 0.15) is 5.56 Å². The molecule has 3 N–H and O–H groups in total. The monoisotopic (exact) mass is 371 g/mol. The number of nitrogens with two attached hydrogens (primary N) is 1. The van der Waals surface area contributed by atoms with Crippen molar-refractivity contribution in [2.75, 3.05) is 11.1 Å². The lowest BCUT2D eigenvalue weighted by Crippen LogP contribution is -2.05. The van der Waals surface area contributed by atoms with Gasteiger partial charge >= 0.3 is 6.18 Å². The number of thiazole rings is 1. The zero-order valence-corrected chi connectivity index (χ0v) is 13.2. The van der Waals surface area contributed by atoms with Crippen LogP contribution in [0.5, 0.6) is 0 Å². The standard InChI is InChI=1S/C16H10F5N3S/c17-11-6-12(18)13(22)5-10(11)14-7-25-15(24-14)23-9-3-1-2-8(4-9)16(19,20)21/h1-7H,22H2,(H,23,24). The van der Waals surface area contributed by atoms with Crippen molar-refractivity contribution >= 4 is 27.8 Å². The minimum absolute atomic E-state index is 0.00671. The van der Waals surface area contributed by atoms with Gasteiger partial charge in [-0.1, -0.05) is 6.07 Å². The number of hydrogen-bond donors (Lipinski definition) is 2. The summed E-state index contributed by atoms with van der Waals surface area (Å²) >= 11 is 1.07. The van der Waals surface area contributed by atoms with Crippen LogP contribution < -0.4 is 11.1 Å². The number of nitrogen functional groups attached to an aromatic ring is 1. The molecule has 1 aromatic heterocycles. The summed E-state index contributed by atoms with van der Waals surface area (Å²) in [6, 6.07) is 6.39. The van der Waals surface area contributed by atoms with E-state index in [1.54, 1.807) is 0 Å². The average molecular weight is 371 g/mol. The molecule has 0 bridgehead atoms. The van der Waals surface area contributed by atoms with Crippen LogP contribution in [0.3, 0.4) is 0 Å². The highest BCUT2D eigenvalue weighted by Gasteiger charge is 2.30. The lowest BCUT2D eigenvalue weighted by Gasteiger charge is -2.09. The van der Waals surface area contributed by atoms with E-state index in [4.69, 9.17) is 5.73 Å². The van der Waals surface area contributed by atoms with Gasteiger partial charge in [0.2, 0.25) is 0 Å². The molecular formula is C16H10F5N3S. The van der Waals surface area contributed by atoms with Gasteiger partial charge in [0.1, 0.15) is 11.6 Å². The number of benzene rings is 2. The molecule has 0 aliphatic carbocycles. The number of anilines is 3. The predicted octanol–water partition coefficient (Wildman–Crippen LogP) is 5.43. The van der Waals surface area contributed by atoms with Crippen LogP contribution in [0.2, 0.25) is 0 Å². The van der Waals surface area contributed by atoms with E-state index in [0.717, 1.165) is 29.5 Å². The van der Waals surface area contributed by atoms with E-state index in [0.29, 0.717) is 6.07 Å². The van der Waals surface area contributed by atoms with E-state index in [2.05, 4.69) is 10.3 Å². The number of halogens is 5. The molecule has 3 nitrogen and oxygen atoms in total. The first-order valence-electron chi connectivity index (χ1n) is 6.89. The molecule has 0 saturated heterocycles. The second-order valence-electron chi connectivity index (χ2n) is 5.10. The second-order valence-corrected chi connectivity index (χ2v) is 5.95. The quantitative estimate of drug-likeness (QED) is 0.477. The zero-order chi connectivity index (χ0) is 18.2. The van der Waals surface area contributed by atoms with E-state index < -0.39 is 23.4 Å². The average Bonchev–Trinajstić information content (AvgIpc) is 2.98. The highest BCUT2D eigenvalue weighted by Crippen LogP contribution is 2.33. The van der Waals surface area contributed by atoms with Gasteiger partial charge in [-0.3, -0.25) is 0 Å². The Hall–Kier alpha value is -2.68. The molecule has 0 spiro atoms. The van der Waals surface area contributed by atoms with Crippen LogP contribution in [0.15, 0.2) is 41.8 Å². The van der Waals surface area contributed by atoms with Gasteiger partial charge < -0.3 is 11.1 Å². The molecule has 9 heteroatoms. The van der Waals surface area contributed by atoms with Crippen LogP contribution in [-0.2, 0) is 6.18 Å². The molecule has 0 aliphatic rings. The Balaban J connectivity index is 1.87. The number of nitrogens with zero attached hydrogens (tertiary/aromatic N) is 1. The fourth-order valence-corrected chi connectivity index (χ4v) is 2.84. The normalized spacial score (nSPS) is 11.6. The third-order valence-corrected chi connectivity index (χ3v) is 4.07. The number of alkyl halides is 3. The summed E-state index contributed by atoms with van der Waals surface area (Å²) in [5.41, 5.74) is 4.80. The van der Waals surface area contributed by atoms with Crippen molar-refractivity contribution in [3.05, 3.63) is 59.0 Å². The molecule has 0 radical (unpaired) electrons. The zero-order valence-electron chi connectivity index (χ0n) is 12.4. The number of nitrogens with one attached hydrogen (secondary N) is 1. The Labute approximate surface area is 142 Å². The highest BCUT2D eigenvalue weighted by atomic mass is 32.1. The van der Waals surface area contributed by atoms with Gasteiger partial charge in [0.25, 0.3) is 0 Å². The Morgan fingerprint density at radius 3 is 2.52 bits per heavy atom. The first kappa shape index (κ1) is 17.2. The molecule has 0 amide bonds. The van der Waals surface area contributed by atoms with Gasteiger partial charge in [-0.2, -0.15) is 13.2 Å². The van der Waals surface area contributed by atoms with E-state index in [1.807, 2.05) is 0 Å². The van der Waals surface area contributed by atoms with Crippen LogP contribution in [-0.4, -0.2) is 4.98 Å². The minimum Gasteiger partial charge on any atom is -0.396 e. The Bertz CT molecular complexity index is 920. The molecule has 0 atom stereocenters. The lowest BCUT2D eigenvalue weighted by atomic mass is 10.1. The molecule has 0 fully saturated rings. The first-order chi connectivity index (χ1) is 11.7. The van der Waals surface area contributed by atoms with E-state index in [9.17, 15) is 22.0 Å². The maximum absolute atomic E-state index is 13.9. The van der Waals surface area contributed by atoms with Crippen molar-refractivity contribution in [3.63, 3.8) is 0 Å². The largest absolute Gasteiger partial charge is 0.416 e. The Morgan fingerprint density at radius 2 is 1.80 bits per heavy atom. The SMILES string of the molecule is Nc1cc(-c2csc(Nc3cccc(C(F)(F)F)c3)n2)c(F)cc1F. The molecule has 0 saturated carbocycles. The molecule has 2 aromatic carbocycles. The molecule has 0 aliphatic heterocycles. The summed E-state index contributed by atoms with van der Waals surface area (Å²) in [7, 11) is 0. The van der Waals surface area contributed by atoms with Crippen molar-refractivity contribution < 1.29 is 22.0 Å². The fourth-order valence-electron chi connectivity index (χ4n) is 2.11. The Morgan fingerprint density at radius 1 is 1.04 bits per heavy atom. The van der Waals surface area contributed by atoms with Crippen molar-refractivity contribution in [1.82, 2.24) is 4.98 Å². The molecular weight excluding hydrogens is 361 g/mol. The molecule has 25 heavy (non-hydrogen) atoms. The van der Waals surface area contributed by atoms with Crippen LogP contribution in [0.4, 0.5) is 38.5 Å². The van der Waals surface area contributed by atoms with E-state index >= 15 is 0 Å². The van der Waals surface area contributed by atoms with Crippen LogP contribution in [0.25, 0.3) is 11.3 Å². The summed E-state index contributed by atoms with van der Waals surface area (Å²) in [4.78, 5) is 4.11. The second kappa shape index (κ2) is 6.32. The predicted molar refractivity (Wildman–Crippen MR) is 86.6 cm³/mol. The van der Waals surface area contributed by atoms with Crippen molar-refractivity contribution in [2.24, 2.45) is 0 Å². The minimum atomic E-state index is -4.46. The third kappa shape index (κ3) is 3.71. The Kier molecular flexibility index (Phi) is 4.34. The van der Waals surface area contributed by atoms with E-state index in [1.165, 1.54) is 17.5 Å². The van der Waals surface area contributed by atoms with Gasteiger partial charge in [0, 0.05) is 22.7 Å². The van der Waals surface area contributed by atoms with Crippen molar-refractivity contribution in [2.45, 2.75) is 6.18 Å². The van der Waals surface area contributed by atoms with E-state index in [-0.39, 0.29) is 27.8 Å². The maximum atomic E-state index is 13.9. The first-order valence-corrected chi connectivity index (χ1v) is 7.77.